The molecule has 1 aromatic rings. The van der Waals surface area contributed by atoms with E-state index in [9.17, 15) is 0 Å². The summed E-state index contributed by atoms with van der Waals surface area (Å²) in [4.78, 5) is 1.24. The van der Waals surface area contributed by atoms with E-state index in [-0.39, 0.29) is 0 Å². The van der Waals surface area contributed by atoms with E-state index < -0.39 is 0 Å². The van der Waals surface area contributed by atoms with Gasteiger partial charge >= 0.3 is 0 Å². The molecule has 19 heavy (non-hydrogen) atoms. The van der Waals surface area contributed by atoms with Crippen LogP contribution in [0.4, 0.5) is 0 Å². The summed E-state index contributed by atoms with van der Waals surface area (Å²) in [7, 11) is 0. The molecule has 0 aromatic heterocycles. The van der Waals surface area contributed by atoms with Gasteiger partial charge in [-0.25, -0.2) is 0 Å². The zero-order chi connectivity index (χ0) is 13.7. The standard InChI is InChI=1S/C15H23NO2S/c1-11(2)9-16-10-12(3)19-13-4-5-14-15(8-13)18-7-6-17-14/h4-5,8,11-12,16H,6-7,9-10H2,1-3H3. The highest BCUT2D eigenvalue weighted by molar-refractivity contribution is 8.00. The number of thioether (sulfide) groups is 1. The normalized spacial score (nSPS) is 15.6. The minimum absolute atomic E-state index is 0.543. The third kappa shape index (κ3) is 4.62. The van der Waals surface area contributed by atoms with E-state index in [1.807, 2.05) is 17.8 Å². The Labute approximate surface area is 120 Å². The minimum Gasteiger partial charge on any atom is -0.486 e. The molecule has 1 aromatic carbocycles. The summed E-state index contributed by atoms with van der Waals surface area (Å²) in [6, 6.07) is 6.19. The zero-order valence-electron chi connectivity index (χ0n) is 11.9. The lowest BCUT2D eigenvalue weighted by Crippen LogP contribution is -2.26. The molecule has 0 aliphatic carbocycles. The fourth-order valence-corrected chi connectivity index (χ4v) is 2.93. The van der Waals surface area contributed by atoms with Gasteiger partial charge in [0.15, 0.2) is 11.5 Å². The van der Waals surface area contributed by atoms with Crippen molar-refractivity contribution in [2.45, 2.75) is 30.9 Å². The van der Waals surface area contributed by atoms with Crippen LogP contribution in [-0.4, -0.2) is 31.6 Å². The van der Waals surface area contributed by atoms with Crippen molar-refractivity contribution in [3.63, 3.8) is 0 Å². The molecule has 0 saturated heterocycles. The monoisotopic (exact) mass is 281 g/mol. The molecule has 0 radical (unpaired) electrons. The fraction of sp³-hybridized carbons (Fsp3) is 0.600. The molecular weight excluding hydrogens is 258 g/mol. The number of benzene rings is 1. The Bertz CT molecular complexity index is 409. The van der Waals surface area contributed by atoms with E-state index in [0.717, 1.165) is 24.6 Å². The molecule has 0 spiro atoms. The molecule has 0 bridgehead atoms. The molecular formula is C15H23NO2S. The first-order chi connectivity index (χ1) is 9.15. The maximum Gasteiger partial charge on any atom is 0.162 e. The molecule has 4 heteroatoms. The number of hydrogen-bond acceptors (Lipinski definition) is 4. The van der Waals surface area contributed by atoms with Crippen LogP contribution in [0.25, 0.3) is 0 Å². The molecule has 1 N–H and O–H groups in total. The Balaban J connectivity index is 1.85. The van der Waals surface area contributed by atoms with Crippen molar-refractivity contribution < 1.29 is 9.47 Å². The molecule has 3 nitrogen and oxygen atoms in total. The summed E-state index contributed by atoms with van der Waals surface area (Å²) < 4.78 is 11.1. The lowest BCUT2D eigenvalue weighted by molar-refractivity contribution is 0.171. The average molecular weight is 281 g/mol. The maximum absolute atomic E-state index is 5.60. The number of nitrogens with one attached hydrogen (secondary N) is 1. The van der Waals surface area contributed by atoms with Crippen molar-refractivity contribution in [1.29, 1.82) is 0 Å². The Morgan fingerprint density at radius 2 is 1.84 bits per heavy atom. The van der Waals surface area contributed by atoms with Gasteiger partial charge in [-0.1, -0.05) is 20.8 Å². The summed E-state index contributed by atoms with van der Waals surface area (Å²) in [5.74, 6) is 2.44. The van der Waals surface area contributed by atoms with Crippen LogP contribution in [0.15, 0.2) is 23.1 Å². The number of hydrogen-bond donors (Lipinski definition) is 1. The summed E-state index contributed by atoms with van der Waals surface area (Å²) in [5.41, 5.74) is 0. The summed E-state index contributed by atoms with van der Waals surface area (Å²) in [6.07, 6.45) is 0. The van der Waals surface area contributed by atoms with Gasteiger partial charge in [0, 0.05) is 16.7 Å². The zero-order valence-corrected chi connectivity index (χ0v) is 12.8. The van der Waals surface area contributed by atoms with E-state index in [4.69, 9.17) is 9.47 Å². The second-order valence-electron chi connectivity index (χ2n) is 5.29. The molecule has 1 heterocycles. The molecule has 1 aliphatic rings. The Kier molecular flexibility index (Phi) is 5.40. The van der Waals surface area contributed by atoms with Crippen molar-refractivity contribution in [2.75, 3.05) is 26.3 Å². The van der Waals surface area contributed by atoms with Crippen LogP contribution in [0.5, 0.6) is 11.5 Å². The van der Waals surface area contributed by atoms with E-state index in [1.165, 1.54) is 4.90 Å². The molecule has 106 valence electrons. The van der Waals surface area contributed by atoms with E-state index in [2.05, 4.69) is 38.2 Å². The molecule has 1 unspecified atom stereocenters. The highest BCUT2D eigenvalue weighted by atomic mass is 32.2. The van der Waals surface area contributed by atoms with Gasteiger partial charge in [-0.3, -0.25) is 0 Å². The van der Waals surface area contributed by atoms with Gasteiger partial charge in [0.1, 0.15) is 13.2 Å². The highest BCUT2D eigenvalue weighted by Crippen LogP contribution is 2.35. The predicted octanol–water partition coefficient (Wildman–Crippen LogP) is 3.18. The average Bonchev–Trinajstić information content (AvgIpc) is 2.38. The van der Waals surface area contributed by atoms with Crippen LogP contribution in [0.2, 0.25) is 0 Å². The van der Waals surface area contributed by atoms with Crippen LogP contribution < -0.4 is 14.8 Å². The first-order valence-electron chi connectivity index (χ1n) is 6.92. The van der Waals surface area contributed by atoms with Crippen molar-refractivity contribution in [3.8, 4) is 11.5 Å². The second-order valence-corrected chi connectivity index (χ2v) is 6.80. The van der Waals surface area contributed by atoms with Gasteiger partial charge in [0.25, 0.3) is 0 Å². The van der Waals surface area contributed by atoms with E-state index in [1.54, 1.807) is 0 Å². The minimum atomic E-state index is 0.543. The lowest BCUT2D eigenvalue weighted by Gasteiger charge is -2.19. The van der Waals surface area contributed by atoms with Gasteiger partial charge < -0.3 is 14.8 Å². The summed E-state index contributed by atoms with van der Waals surface area (Å²) in [5, 5.41) is 4.03. The first-order valence-corrected chi connectivity index (χ1v) is 7.80. The van der Waals surface area contributed by atoms with Gasteiger partial charge in [0.2, 0.25) is 0 Å². The number of fused-ring (bicyclic) bond motifs is 1. The second kappa shape index (κ2) is 7.06. The van der Waals surface area contributed by atoms with Crippen LogP contribution in [0.3, 0.4) is 0 Å². The van der Waals surface area contributed by atoms with Crippen molar-refractivity contribution in [2.24, 2.45) is 5.92 Å². The quantitative estimate of drug-likeness (QED) is 0.811. The van der Waals surface area contributed by atoms with Gasteiger partial charge in [-0.15, -0.1) is 11.8 Å². The Morgan fingerprint density at radius 3 is 2.58 bits per heavy atom. The molecule has 0 fully saturated rings. The van der Waals surface area contributed by atoms with Crippen molar-refractivity contribution in [3.05, 3.63) is 18.2 Å². The Hall–Kier alpha value is -0.870. The van der Waals surface area contributed by atoms with Crippen molar-refractivity contribution >= 4 is 11.8 Å². The summed E-state index contributed by atoms with van der Waals surface area (Å²) in [6.45, 7) is 10.1. The fourth-order valence-electron chi connectivity index (χ4n) is 1.95. The third-order valence-corrected chi connectivity index (χ3v) is 3.93. The van der Waals surface area contributed by atoms with Crippen LogP contribution in [-0.2, 0) is 0 Å². The molecule has 0 saturated carbocycles. The van der Waals surface area contributed by atoms with Gasteiger partial charge in [-0.2, -0.15) is 0 Å². The van der Waals surface area contributed by atoms with Crippen molar-refractivity contribution in [1.82, 2.24) is 5.32 Å². The number of rotatable bonds is 6. The largest absolute Gasteiger partial charge is 0.486 e. The van der Waals surface area contributed by atoms with Crippen LogP contribution in [0, 0.1) is 5.92 Å². The van der Waals surface area contributed by atoms with E-state index >= 15 is 0 Å². The van der Waals surface area contributed by atoms with Crippen LogP contribution >= 0.6 is 11.8 Å². The molecule has 1 aliphatic heterocycles. The topological polar surface area (TPSA) is 30.5 Å². The molecule has 0 amide bonds. The number of ether oxygens (including phenoxy) is 2. The Morgan fingerprint density at radius 1 is 1.11 bits per heavy atom. The highest BCUT2D eigenvalue weighted by Gasteiger charge is 2.13. The smallest absolute Gasteiger partial charge is 0.162 e. The molecule has 2 rings (SSSR count). The SMILES string of the molecule is CC(C)CNCC(C)Sc1ccc2c(c1)OCCO2. The van der Waals surface area contributed by atoms with E-state index in [0.29, 0.717) is 24.4 Å². The lowest BCUT2D eigenvalue weighted by atomic mass is 10.2. The first kappa shape index (κ1) is 14.5. The maximum atomic E-state index is 5.60. The van der Waals surface area contributed by atoms with Gasteiger partial charge in [-0.05, 0) is 30.7 Å². The molecule has 1 atom stereocenters. The van der Waals surface area contributed by atoms with Gasteiger partial charge in [0.05, 0.1) is 0 Å². The predicted molar refractivity (Wildman–Crippen MR) is 80.5 cm³/mol. The third-order valence-electron chi connectivity index (χ3n) is 2.84. The van der Waals surface area contributed by atoms with Crippen LogP contribution in [0.1, 0.15) is 20.8 Å². The summed E-state index contributed by atoms with van der Waals surface area (Å²) >= 11 is 1.87.